The van der Waals surface area contributed by atoms with Crippen molar-refractivity contribution in [3.8, 4) is 0 Å². The first-order chi connectivity index (χ1) is 8.54. The average Bonchev–Trinajstić information content (AvgIpc) is 3.13. The van der Waals surface area contributed by atoms with Crippen LogP contribution in [0, 0.1) is 13.8 Å². The van der Waals surface area contributed by atoms with Crippen LogP contribution < -0.4 is 0 Å². The van der Waals surface area contributed by atoms with Gasteiger partial charge in [-0.25, -0.2) is 0 Å². The normalized spacial score (nSPS) is 14.9. The largest absolute Gasteiger partial charge is 0.395 e. The zero-order chi connectivity index (χ0) is 13.3. The molecule has 1 heterocycles. The molecular formula is C12H18ClN3O2. The number of halogens is 1. The zero-order valence-electron chi connectivity index (χ0n) is 10.7. The Balaban J connectivity index is 2.07. The Labute approximate surface area is 111 Å². The van der Waals surface area contributed by atoms with Gasteiger partial charge in [0.2, 0.25) is 5.91 Å². The maximum Gasteiger partial charge on any atom is 0.244 e. The van der Waals surface area contributed by atoms with Gasteiger partial charge in [-0.1, -0.05) is 11.6 Å². The van der Waals surface area contributed by atoms with Gasteiger partial charge in [-0.3, -0.25) is 9.48 Å². The standard InChI is InChI=1S/C12H18ClN3O2/c1-8-12(13)9(2)16(14-8)7-11(18)15(5-6-17)10-3-4-10/h10,17H,3-7H2,1-2H3. The third-order valence-electron chi connectivity index (χ3n) is 3.23. The summed E-state index contributed by atoms with van der Waals surface area (Å²) >= 11 is 6.05. The highest BCUT2D eigenvalue weighted by atomic mass is 35.5. The summed E-state index contributed by atoms with van der Waals surface area (Å²) in [5, 5.41) is 13.9. The summed E-state index contributed by atoms with van der Waals surface area (Å²) in [5.41, 5.74) is 1.55. The third kappa shape index (κ3) is 2.67. The van der Waals surface area contributed by atoms with Crippen LogP contribution in [-0.4, -0.2) is 44.9 Å². The molecule has 0 radical (unpaired) electrons. The summed E-state index contributed by atoms with van der Waals surface area (Å²) < 4.78 is 1.63. The number of aliphatic hydroxyl groups is 1. The van der Waals surface area contributed by atoms with Gasteiger partial charge in [-0.15, -0.1) is 0 Å². The Kier molecular flexibility index (Phi) is 3.92. The number of aryl methyl sites for hydroxylation is 1. The SMILES string of the molecule is Cc1nn(CC(=O)N(CCO)C2CC2)c(C)c1Cl. The predicted octanol–water partition coefficient (Wildman–Crippen LogP) is 1.14. The number of aliphatic hydroxyl groups excluding tert-OH is 1. The predicted molar refractivity (Wildman–Crippen MR) is 68.5 cm³/mol. The fourth-order valence-electron chi connectivity index (χ4n) is 2.05. The highest BCUT2D eigenvalue weighted by molar-refractivity contribution is 6.31. The summed E-state index contributed by atoms with van der Waals surface area (Å²) in [4.78, 5) is 13.9. The number of hydrogen-bond donors (Lipinski definition) is 1. The summed E-state index contributed by atoms with van der Waals surface area (Å²) in [5.74, 6) is -0.00573. The topological polar surface area (TPSA) is 58.4 Å². The van der Waals surface area contributed by atoms with E-state index in [1.54, 1.807) is 9.58 Å². The van der Waals surface area contributed by atoms with Gasteiger partial charge in [0.15, 0.2) is 0 Å². The smallest absolute Gasteiger partial charge is 0.244 e. The van der Waals surface area contributed by atoms with Gasteiger partial charge in [-0.05, 0) is 26.7 Å². The van der Waals surface area contributed by atoms with Crippen molar-refractivity contribution in [3.05, 3.63) is 16.4 Å². The van der Waals surface area contributed by atoms with Crippen molar-refractivity contribution in [1.29, 1.82) is 0 Å². The number of hydrogen-bond acceptors (Lipinski definition) is 3. The lowest BCUT2D eigenvalue weighted by atomic mass is 10.4. The summed E-state index contributed by atoms with van der Waals surface area (Å²) in [6.07, 6.45) is 2.06. The molecule has 1 aromatic heterocycles. The third-order valence-corrected chi connectivity index (χ3v) is 3.77. The van der Waals surface area contributed by atoms with Crippen LogP contribution in [0.15, 0.2) is 0 Å². The molecule has 1 N–H and O–H groups in total. The number of nitrogens with zero attached hydrogens (tertiary/aromatic N) is 3. The number of amides is 1. The number of rotatable bonds is 5. The lowest BCUT2D eigenvalue weighted by Crippen LogP contribution is -2.38. The maximum absolute atomic E-state index is 12.2. The number of carbonyl (C=O) groups is 1. The van der Waals surface area contributed by atoms with Gasteiger partial charge in [-0.2, -0.15) is 5.10 Å². The summed E-state index contributed by atoms with van der Waals surface area (Å²) in [6, 6.07) is 0.303. The molecule has 1 amide bonds. The first-order valence-electron chi connectivity index (χ1n) is 6.14. The van der Waals surface area contributed by atoms with E-state index in [-0.39, 0.29) is 19.1 Å². The van der Waals surface area contributed by atoms with Crippen LogP contribution in [0.25, 0.3) is 0 Å². The van der Waals surface area contributed by atoms with Crippen LogP contribution in [0.2, 0.25) is 5.02 Å². The molecule has 1 aliphatic rings. The summed E-state index contributed by atoms with van der Waals surface area (Å²) in [6.45, 7) is 4.26. The highest BCUT2D eigenvalue weighted by Gasteiger charge is 2.32. The number of aromatic nitrogens is 2. The molecule has 6 heteroatoms. The molecule has 5 nitrogen and oxygen atoms in total. The van der Waals surface area contributed by atoms with Gasteiger partial charge >= 0.3 is 0 Å². The fraction of sp³-hybridized carbons (Fsp3) is 0.667. The Morgan fingerprint density at radius 1 is 1.56 bits per heavy atom. The maximum atomic E-state index is 12.2. The molecule has 100 valence electrons. The fourth-order valence-corrected chi connectivity index (χ4v) is 2.19. The Morgan fingerprint density at radius 3 is 2.67 bits per heavy atom. The van der Waals surface area contributed by atoms with E-state index in [1.807, 2.05) is 13.8 Å². The lowest BCUT2D eigenvalue weighted by molar-refractivity contribution is -0.133. The van der Waals surface area contributed by atoms with Gasteiger partial charge in [0.05, 0.1) is 23.0 Å². The van der Waals surface area contributed by atoms with Crippen molar-refractivity contribution in [3.63, 3.8) is 0 Å². The average molecular weight is 272 g/mol. The molecule has 2 rings (SSSR count). The van der Waals surface area contributed by atoms with Crippen LogP contribution in [0.5, 0.6) is 0 Å². The molecule has 0 saturated heterocycles. The Bertz CT molecular complexity index is 454. The van der Waals surface area contributed by atoms with Crippen LogP contribution in [-0.2, 0) is 11.3 Å². The minimum atomic E-state index is -0.00573. The first-order valence-corrected chi connectivity index (χ1v) is 6.52. The molecule has 1 saturated carbocycles. The van der Waals surface area contributed by atoms with Crippen molar-refractivity contribution in [2.24, 2.45) is 0 Å². The van der Waals surface area contributed by atoms with E-state index in [9.17, 15) is 4.79 Å². The second-order valence-electron chi connectivity index (χ2n) is 4.68. The Morgan fingerprint density at radius 2 is 2.22 bits per heavy atom. The monoisotopic (exact) mass is 271 g/mol. The van der Waals surface area contributed by atoms with E-state index in [0.29, 0.717) is 17.6 Å². The molecule has 1 aliphatic carbocycles. The quantitative estimate of drug-likeness (QED) is 0.874. The van der Waals surface area contributed by atoms with Gasteiger partial charge in [0.1, 0.15) is 6.54 Å². The molecule has 1 fully saturated rings. The van der Waals surface area contributed by atoms with Crippen molar-refractivity contribution in [2.45, 2.75) is 39.3 Å². The van der Waals surface area contributed by atoms with Crippen LogP contribution >= 0.6 is 11.6 Å². The van der Waals surface area contributed by atoms with Crippen molar-refractivity contribution < 1.29 is 9.90 Å². The number of carbonyl (C=O) groups excluding carboxylic acids is 1. The van der Waals surface area contributed by atoms with E-state index in [0.717, 1.165) is 24.2 Å². The molecule has 0 atom stereocenters. The molecule has 18 heavy (non-hydrogen) atoms. The molecule has 0 aliphatic heterocycles. The molecule has 0 unspecified atom stereocenters. The van der Waals surface area contributed by atoms with Crippen molar-refractivity contribution in [1.82, 2.24) is 14.7 Å². The van der Waals surface area contributed by atoms with Gasteiger partial charge in [0.25, 0.3) is 0 Å². The van der Waals surface area contributed by atoms with E-state index in [1.165, 1.54) is 0 Å². The summed E-state index contributed by atoms with van der Waals surface area (Å²) in [7, 11) is 0. The van der Waals surface area contributed by atoms with Crippen LogP contribution in [0.1, 0.15) is 24.2 Å². The zero-order valence-corrected chi connectivity index (χ0v) is 11.4. The van der Waals surface area contributed by atoms with Gasteiger partial charge in [0, 0.05) is 12.6 Å². The van der Waals surface area contributed by atoms with Crippen LogP contribution in [0.3, 0.4) is 0 Å². The highest BCUT2D eigenvalue weighted by Crippen LogP contribution is 2.27. The molecule has 0 aromatic carbocycles. The van der Waals surface area contributed by atoms with Crippen LogP contribution in [0.4, 0.5) is 0 Å². The minimum Gasteiger partial charge on any atom is -0.395 e. The van der Waals surface area contributed by atoms with E-state index in [2.05, 4.69) is 5.10 Å². The first kappa shape index (κ1) is 13.4. The molecular weight excluding hydrogens is 254 g/mol. The molecule has 1 aromatic rings. The van der Waals surface area contributed by atoms with E-state index < -0.39 is 0 Å². The molecule has 0 spiro atoms. The van der Waals surface area contributed by atoms with Crippen molar-refractivity contribution >= 4 is 17.5 Å². The van der Waals surface area contributed by atoms with Gasteiger partial charge < -0.3 is 10.0 Å². The minimum absolute atomic E-state index is 0.000112. The van der Waals surface area contributed by atoms with E-state index >= 15 is 0 Å². The lowest BCUT2D eigenvalue weighted by Gasteiger charge is -2.21. The second kappa shape index (κ2) is 5.28. The van der Waals surface area contributed by atoms with E-state index in [4.69, 9.17) is 16.7 Å². The molecule has 0 bridgehead atoms. The second-order valence-corrected chi connectivity index (χ2v) is 5.06. The Hall–Kier alpha value is -1.07. The van der Waals surface area contributed by atoms with Crippen molar-refractivity contribution in [2.75, 3.05) is 13.2 Å².